The van der Waals surface area contributed by atoms with E-state index in [2.05, 4.69) is 10.4 Å². The molecule has 148 valence electrons. The molecule has 29 heavy (non-hydrogen) atoms. The first-order valence-electron chi connectivity index (χ1n) is 9.26. The highest BCUT2D eigenvalue weighted by Gasteiger charge is 2.12. The summed E-state index contributed by atoms with van der Waals surface area (Å²) in [7, 11) is 0. The lowest BCUT2D eigenvalue weighted by atomic mass is 10.1. The maximum atomic E-state index is 12.2. The number of esters is 1. The van der Waals surface area contributed by atoms with Crippen molar-refractivity contribution in [1.29, 1.82) is 0 Å². The number of nitrogens with zero attached hydrogens (tertiary/aromatic N) is 2. The second-order valence-electron chi connectivity index (χ2n) is 6.76. The molecule has 0 bridgehead atoms. The molecule has 3 rings (SSSR count). The highest BCUT2D eigenvalue weighted by Crippen LogP contribution is 2.17. The van der Waals surface area contributed by atoms with Crippen molar-refractivity contribution in [3.8, 4) is 5.69 Å². The Balaban J connectivity index is 1.59. The lowest BCUT2D eigenvalue weighted by Crippen LogP contribution is -2.21. The summed E-state index contributed by atoms with van der Waals surface area (Å²) >= 11 is 0. The van der Waals surface area contributed by atoms with Crippen LogP contribution in [0.4, 0.5) is 5.82 Å². The molecule has 1 amide bonds. The zero-order valence-corrected chi connectivity index (χ0v) is 16.7. The Hall–Kier alpha value is -3.67. The molecule has 0 saturated carbocycles. The fourth-order valence-electron chi connectivity index (χ4n) is 2.77. The number of anilines is 1. The molecular weight excluding hydrogens is 366 g/mol. The third-order valence-corrected chi connectivity index (χ3v) is 4.31. The number of hydrogen-bond donors (Lipinski definition) is 1. The third-order valence-electron chi connectivity index (χ3n) is 4.31. The maximum absolute atomic E-state index is 12.2. The number of carbonyl (C=O) groups excluding carboxylic acids is 2. The monoisotopic (exact) mass is 389 g/mol. The average Bonchev–Trinajstić information content (AvgIpc) is 3.06. The molecule has 0 atom stereocenters. The van der Waals surface area contributed by atoms with E-state index >= 15 is 0 Å². The molecule has 1 N–H and O–H groups in total. The largest absolute Gasteiger partial charge is 0.452 e. The van der Waals surface area contributed by atoms with Crippen molar-refractivity contribution in [1.82, 2.24) is 9.78 Å². The SMILES string of the molecule is Cc1ccc(-n2nc(C)cc2NC(=O)COC(=O)/C=C/c2ccccc2C)cc1. The van der Waals surface area contributed by atoms with E-state index < -0.39 is 11.9 Å². The molecule has 0 aliphatic rings. The second-order valence-corrected chi connectivity index (χ2v) is 6.76. The Morgan fingerprint density at radius 3 is 2.52 bits per heavy atom. The van der Waals surface area contributed by atoms with E-state index in [0.717, 1.165) is 28.1 Å². The fraction of sp³-hybridized carbons (Fsp3) is 0.174. The summed E-state index contributed by atoms with van der Waals surface area (Å²) in [6.07, 6.45) is 2.99. The predicted molar refractivity (Wildman–Crippen MR) is 113 cm³/mol. The molecule has 0 spiro atoms. The molecule has 1 aromatic heterocycles. The lowest BCUT2D eigenvalue weighted by molar-refractivity contribution is -0.142. The number of ether oxygens (including phenoxy) is 1. The highest BCUT2D eigenvalue weighted by atomic mass is 16.5. The molecule has 6 heteroatoms. The molecule has 6 nitrogen and oxygen atoms in total. The molecule has 2 aromatic carbocycles. The summed E-state index contributed by atoms with van der Waals surface area (Å²) in [5, 5.41) is 7.16. The van der Waals surface area contributed by atoms with E-state index in [9.17, 15) is 9.59 Å². The van der Waals surface area contributed by atoms with Crippen molar-refractivity contribution >= 4 is 23.8 Å². The molecule has 1 heterocycles. The number of rotatable bonds is 6. The van der Waals surface area contributed by atoms with Crippen molar-refractivity contribution < 1.29 is 14.3 Å². The van der Waals surface area contributed by atoms with Gasteiger partial charge in [0, 0.05) is 12.1 Å². The lowest BCUT2D eigenvalue weighted by Gasteiger charge is -2.09. The van der Waals surface area contributed by atoms with Gasteiger partial charge in [-0.3, -0.25) is 4.79 Å². The standard InChI is InChI=1S/C23H23N3O3/c1-16-8-11-20(12-9-16)26-21(14-18(3)25-26)24-22(27)15-29-23(28)13-10-19-7-5-4-6-17(19)2/h4-14H,15H2,1-3H3,(H,24,27)/b13-10+. The van der Waals surface area contributed by atoms with Crippen LogP contribution in [0.2, 0.25) is 0 Å². The summed E-state index contributed by atoms with van der Waals surface area (Å²) in [6, 6.07) is 17.2. The van der Waals surface area contributed by atoms with Gasteiger partial charge in [0.05, 0.1) is 11.4 Å². The predicted octanol–water partition coefficient (Wildman–Crippen LogP) is 3.99. The van der Waals surface area contributed by atoms with E-state index in [4.69, 9.17) is 4.74 Å². The van der Waals surface area contributed by atoms with Crippen molar-refractivity contribution in [2.24, 2.45) is 0 Å². The van der Waals surface area contributed by atoms with Gasteiger partial charge in [-0.05, 0) is 50.1 Å². The van der Waals surface area contributed by atoms with Gasteiger partial charge in [0.1, 0.15) is 5.82 Å². The number of carbonyl (C=O) groups is 2. The second kappa shape index (κ2) is 9.01. The van der Waals surface area contributed by atoms with Gasteiger partial charge in [0.25, 0.3) is 5.91 Å². The smallest absolute Gasteiger partial charge is 0.331 e. The molecular formula is C23H23N3O3. The molecule has 0 fully saturated rings. The van der Waals surface area contributed by atoms with Crippen LogP contribution in [0.1, 0.15) is 22.4 Å². The maximum Gasteiger partial charge on any atom is 0.331 e. The van der Waals surface area contributed by atoms with Crippen molar-refractivity contribution in [3.05, 3.63) is 83.1 Å². The first kappa shape index (κ1) is 20.1. The van der Waals surface area contributed by atoms with Crippen LogP contribution in [-0.4, -0.2) is 28.3 Å². The van der Waals surface area contributed by atoms with Crippen molar-refractivity contribution in [2.75, 3.05) is 11.9 Å². The van der Waals surface area contributed by atoms with E-state index in [0.29, 0.717) is 5.82 Å². The summed E-state index contributed by atoms with van der Waals surface area (Å²) in [5.41, 5.74) is 4.70. The van der Waals surface area contributed by atoms with Crippen LogP contribution >= 0.6 is 0 Å². The van der Waals surface area contributed by atoms with Crippen LogP contribution in [0.15, 0.2) is 60.7 Å². The summed E-state index contributed by atoms with van der Waals surface area (Å²) in [6.45, 7) is 5.42. The topological polar surface area (TPSA) is 73.2 Å². The van der Waals surface area contributed by atoms with Crippen LogP contribution in [0.5, 0.6) is 0 Å². The summed E-state index contributed by atoms with van der Waals surface area (Å²) < 4.78 is 6.68. The average molecular weight is 389 g/mol. The van der Waals surface area contributed by atoms with Gasteiger partial charge < -0.3 is 10.1 Å². The molecule has 0 aliphatic heterocycles. The minimum absolute atomic E-state index is 0.380. The normalized spacial score (nSPS) is 10.9. The molecule has 3 aromatic rings. The number of nitrogens with one attached hydrogen (secondary N) is 1. The van der Waals surface area contributed by atoms with Gasteiger partial charge in [-0.1, -0.05) is 42.0 Å². The van der Waals surface area contributed by atoms with Gasteiger partial charge in [-0.15, -0.1) is 0 Å². The van der Waals surface area contributed by atoms with Gasteiger partial charge >= 0.3 is 5.97 Å². The molecule has 0 aliphatic carbocycles. The molecule has 0 unspecified atom stereocenters. The van der Waals surface area contributed by atoms with Crippen molar-refractivity contribution in [3.63, 3.8) is 0 Å². The zero-order chi connectivity index (χ0) is 20.8. The van der Waals surface area contributed by atoms with E-state index in [1.54, 1.807) is 16.8 Å². The van der Waals surface area contributed by atoms with Gasteiger partial charge in [-0.25, -0.2) is 9.48 Å². The number of amides is 1. The summed E-state index contributed by atoms with van der Waals surface area (Å²) in [5.74, 6) is -0.495. The number of aromatic nitrogens is 2. The quantitative estimate of drug-likeness (QED) is 0.511. The van der Waals surface area contributed by atoms with Gasteiger partial charge in [0.15, 0.2) is 6.61 Å². The number of benzene rings is 2. The van der Waals surface area contributed by atoms with E-state index in [1.165, 1.54) is 6.08 Å². The first-order valence-corrected chi connectivity index (χ1v) is 9.26. The Kier molecular flexibility index (Phi) is 6.24. The van der Waals surface area contributed by atoms with E-state index in [-0.39, 0.29) is 6.61 Å². The molecule has 0 radical (unpaired) electrons. The summed E-state index contributed by atoms with van der Waals surface area (Å²) in [4.78, 5) is 24.1. The fourth-order valence-corrected chi connectivity index (χ4v) is 2.77. The first-order chi connectivity index (χ1) is 13.9. The Bertz CT molecular complexity index is 1050. The van der Waals surface area contributed by atoms with Crippen LogP contribution in [0.25, 0.3) is 11.8 Å². The van der Waals surface area contributed by atoms with Gasteiger partial charge in [0.2, 0.25) is 0 Å². The molecule has 0 saturated heterocycles. The highest BCUT2D eigenvalue weighted by molar-refractivity contribution is 5.94. The number of aryl methyl sites for hydroxylation is 3. The van der Waals surface area contributed by atoms with Crippen LogP contribution < -0.4 is 5.32 Å². The number of hydrogen-bond acceptors (Lipinski definition) is 4. The van der Waals surface area contributed by atoms with Gasteiger partial charge in [-0.2, -0.15) is 5.10 Å². The third kappa shape index (κ3) is 5.42. The van der Waals surface area contributed by atoms with Crippen LogP contribution in [0.3, 0.4) is 0 Å². The minimum Gasteiger partial charge on any atom is -0.452 e. The van der Waals surface area contributed by atoms with Crippen LogP contribution in [0, 0.1) is 20.8 Å². The van der Waals surface area contributed by atoms with E-state index in [1.807, 2.05) is 69.3 Å². The Labute approximate surface area is 169 Å². The zero-order valence-electron chi connectivity index (χ0n) is 16.7. The van der Waals surface area contributed by atoms with Crippen molar-refractivity contribution in [2.45, 2.75) is 20.8 Å². The van der Waals surface area contributed by atoms with Crippen LogP contribution in [-0.2, 0) is 14.3 Å². The Morgan fingerprint density at radius 1 is 1.07 bits per heavy atom. The minimum atomic E-state index is -0.577. The Morgan fingerprint density at radius 2 is 1.79 bits per heavy atom.